The molecule has 1 aromatic heterocycles. The molecule has 0 saturated carbocycles. The van der Waals surface area contributed by atoms with E-state index >= 15 is 0 Å². The summed E-state index contributed by atoms with van der Waals surface area (Å²) in [5.41, 5.74) is 0.847. The first-order chi connectivity index (χ1) is 16.8. The number of amides is 1. The van der Waals surface area contributed by atoms with Gasteiger partial charge >= 0.3 is 5.97 Å². The van der Waals surface area contributed by atoms with Crippen molar-refractivity contribution in [3.05, 3.63) is 46.8 Å². The Bertz CT molecular complexity index is 1430. The molecule has 0 spiro atoms. The molecule has 0 radical (unpaired) electrons. The van der Waals surface area contributed by atoms with E-state index in [4.69, 9.17) is 14.2 Å². The number of hydrogen-bond donors (Lipinski definition) is 0. The molecule has 186 valence electrons. The third-order valence-electron chi connectivity index (χ3n) is 5.70. The number of ether oxygens (including phenoxy) is 3. The molecule has 1 amide bonds. The molecule has 35 heavy (non-hydrogen) atoms. The average molecular weight is 520 g/mol. The van der Waals surface area contributed by atoms with E-state index in [1.807, 2.05) is 0 Å². The normalized spacial score (nSPS) is 14.9. The summed E-state index contributed by atoms with van der Waals surface area (Å²) in [4.78, 5) is 29.7. The summed E-state index contributed by atoms with van der Waals surface area (Å²) in [6.07, 6.45) is 1.68. The van der Waals surface area contributed by atoms with Gasteiger partial charge in [-0.15, -0.1) is 0 Å². The van der Waals surface area contributed by atoms with Crippen molar-refractivity contribution in [3.63, 3.8) is 0 Å². The van der Waals surface area contributed by atoms with Gasteiger partial charge in [0.2, 0.25) is 10.0 Å². The minimum atomic E-state index is -3.58. The fraction of sp³-hybridized carbons (Fsp3) is 0.348. The Labute approximate surface area is 206 Å². The number of esters is 1. The molecule has 1 aliphatic rings. The third kappa shape index (κ3) is 4.95. The number of sulfonamides is 1. The van der Waals surface area contributed by atoms with Gasteiger partial charge in [0.1, 0.15) is 6.54 Å². The summed E-state index contributed by atoms with van der Waals surface area (Å²) in [7, 11) is 0.718. The zero-order valence-electron chi connectivity index (χ0n) is 19.5. The van der Waals surface area contributed by atoms with Gasteiger partial charge in [-0.2, -0.15) is 9.30 Å². The highest BCUT2D eigenvalue weighted by molar-refractivity contribution is 7.89. The van der Waals surface area contributed by atoms with Crippen molar-refractivity contribution in [2.45, 2.75) is 24.3 Å². The zero-order chi connectivity index (χ0) is 25.2. The van der Waals surface area contributed by atoms with Crippen molar-refractivity contribution >= 4 is 43.5 Å². The van der Waals surface area contributed by atoms with Crippen molar-refractivity contribution in [1.82, 2.24) is 8.87 Å². The van der Waals surface area contributed by atoms with E-state index in [1.54, 1.807) is 16.7 Å². The number of nitrogens with zero attached hydrogens (tertiary/aromatic N) is 3. The van der Waals surface area contributed by atoms with E-state index in [2.05, 4.69) is 4.99 Å². The first-order valence-corrected chi connectivity index (χ1v) is 13.1. The molecule has 1 fully saturated rings. The van der Waals surface area contributed by atoms with Gasteiger partial charge in [-0.1, -0.05) is 11.3 Å². The second-order valence-corrected chi connectivity index (χ2v) is 10.7. The van der Waals surface area contributed by atoms with E-state index < -0.39 is 21.9 Å². The number of rotatable bonds is 7. The SMILES string of the molecule is COC(=O)Cn1c(=NC(=O)c2ccc(S(=O)(=O)N3CCCC3)cc2)sc2cc(OC)c(OC)cc21. The molecule has 1 aliphatic heterocycles. The summed E-state index contributed by atoms with van der Waals surface area (Å²) in [6.45, 7) is 0.839. The van der Waals surface area contributed by atoms with Gasteiger partial charge in [0.15, 0.2) is 16.3 Å². The maximum Gasteiger partial charge on any atom is 0.325 e. The van der Waals surface area contributed by atoms with Gasteiger partial charge in [-0.25, -0.2) is 8.42 Å². The molecule has 0 N–H and O–H groups in total. The highest BCUT2D eigenvalue weighted by Gasteiger charge is 2.27. The van der Waals surface area contributed by atoms with Gasteiger partial charge in [0.05, 0.1) is 36.4 Å². The molecule has 2 heterocycles. The first kappa shape index (κ1) is 24.9. The van der Waals surface area contributed by atoms with Gasteiger partial charge in [-0.3, -0.25) is 9.59 Å². The molecular formula is C23H25N3O7S2. The average Bonchev–Trinajstić information content (AvgIpc) is 3.52. The molecule has 0 aliphatic carbocycles. The maximum atomic E-state index is 13.0. The van der Waals surface area contributed by atoms with Crippen LogP contribution in [0.5, 0.6) is 11.5 Å². The van der Waals surface area contributed by atoms with Crippen LogP contribution in [-0.2, 0) is 26.1 Å². The van der Waals surface area contributed by atoms with Crippen LogP contribution in [0.1, 0.15) is 23.2 Å². The fourth-order valence-corrected chi connectivity index (χ4v) is 6.38. The van der Waals surface area contributed by atoms with E-state index in [-0.39, 0.29) is 21.8 Å². The minimum absolute atomic E-state index is 0.137. The largest absolute Gasteiger partial charge is 0.493 e. The highest BCUT2D eigenvalue weighted by Crippen LogP contribution is 2.33. The quantitative estimate of drug-likeness (QED) is 0.440. The lowest BCUT2D eigenvalue weighted by Crippen LogP contribution is -2.27. The molecule has 0 atom stereocenters. The monoisotopic (exact) mass is 519 g/mol. The summed E-state index contributed by atoms with van der Waals surface area (Å²) in [5, 5.41) is 0. The van der Waals surface area contributed by atoms with Crippen molar-refractivity contribution in [3.8, 4) is 11.5 Å². The van der Waals surface area contributed by atoms with Crippen molar-refractivity contribution in [2.24, 2.45) is 4.99 Å². The zero-order valence-corrected chi connectivity index (χ0v) is 21.1. The Balaban J connectivity index is 1.73. The van der Waals surface area contributed by atoms with Crippen LogP contribution in [0.15, 0.2) is 46.3 Å². The van der Waals surface area contributed by atoms with Crippen LogP contribution >= 0.6 is 11.3 Å². The molecule has 0 bridgehead atoms. The number of fused-ring (bicyclic) bond motifs is 1. The van der Waals surface area contributed by atoms with E-state index in [9.17, 15) is 18.0 Å². The second-order valence-electron chi connectivity index (χ2n) is 7.77. The molecule has 12 heteroatoms. The molecule has 1 saturated heterocycles. The Hall–Kier alpha value is -3.22. The lowest BCUT2D eigenvalue weighted by molar-refractivity contribution is -0.141. The van der Waals surface area contributed by atoms with E-state index in [0.717, 1.165) is 17.5 Å². The Morgan fingerprint density at radius 2 is 1.63 bits per heavy atom. The van der Waals surface area contributed by atoms with Crippen molar-refractivity contribution < 1.29 is 32.2 Å². The smallest absolute Gasteiger partial charge is 0.325 e. The lowest BCUT2D eigenvalue weighted by Gasteiger charge is -2.15. The van der Waals surface area contributed by atoms with Crippen LogP contribution in [0.25, 0.3) is 10.2 Å². The standard InChI is InChI=1S/C23H25N3O7S2/c1-31-18-12-17-20(13-19(18)32-2)34-23(26(17)14-21(27)33-3)24-22(28)15-6-8-16(9-7-15)35(29,30)25-10-4-5-11-25/h6-9,12-13H,4-5,10-11,14H2,1-3H3. The van der Waals surface area contributed by atoms with E-state index in [1.165, 1.54) is 61.2 Å². The predicted molar refractivity (Wildman–Crippen MR) is 129 cm³/mol. The maximum absolute atomic E-state index is 13.0. The Morgan fingerprint density at radius 1 is 1.00 bits per heavy atom. The second kappa shape index (κ2) is 10.2. The number of thiazole rings is 1. The summed E-state index contributed by atoms with van der Waals surface area (Å²) < 4.78 is 44.7. The van der Waals surface area contributed by atoms with Crippen LogP contribution in [0, 0.1) is 0 Å². The van der Waals surface area contributed by atoms with Gasteiger partial charge < -0.3 is 18.8 Å². The summed E-state index contributed by atoms with van der Waals surface area (Å²) >= 11 is 1.20. The molecule has 0 unspecified atom stereocenters. The Morgan fingerprint density at radius 3 is 2.23 bits per heavy atom. The number of carbonyl (C=O) groups is 2. The molecule has 2 aromatic carbocycles. The van der Waals surface area contributed by atoms with Crippen LogP contribution in [0.2, 0.25) is 0 Å². The van der Waals surface area contributed by atoms with Crippen LogP contribution < -0.4 is 14.3 Å². The highest BCUT2D eigenvalue weighted by atomic mass is 32.2. The topological polar surface area (TPSA) is 117 Å². The van der Waals surface area contributed by atoms with Crippen LogP contribution in [-0.4, -0.2) is 63.6 Å². The Kier molecular flexibility index (Phi) is 7.24. The molecular weight excluding hydrogens is 494 g/mol. The number of benzene rings is 2. The molecule has 3 aromatic rings. The minimum Gasteiger partial charge on any atom is -0.493 e. The molecule has 10 nitrogen and oxygen atoms in total. The number of hydrogen-bond acceptors (Lipinski definition) is 8. The van der Waals surface area contributed by atoms with E-state index in [0.29, 0.717) is 30.1 Å². The van der Waals surface area contributed by atoms with Crippen molar-refractivity contribution in [2.75, 3.05) is 34.4 Å². The summed E-state index contributed by atoms with van der Waals surface area (Å²) in [5.74, 6) is -0.118. The van der Waals surface area contributed by atoms with Gasteiger partial charge in [0, 0.05) is 30.8 Å². The summed E-state index contributed by atoms with van der Waals surface area (Å²) in [6, 6.07) is 9.17. The van der Waals surface area contributed by atoms with Gasteiger partial charge in [-0.05, 0) is 37.1 Å². The third-order valence-corrected chi connectivity index (χ3v) is 8.66. The van der Waals surface area contributed by atoms with Crippen molar-refractivity contribution in [1.29, 1.82) is 0 Å². The lowest BCUT2D eigenvalue weighted by atomic mass is 10.2. The van der Waals surface area contributed by atoms with Crippen LogP contribution in [0.4, 0.5) is 0 Å². The predicted octanol–water partition coefficient (Wildman–Crippen LogP) is 2.42. The first-order valence-electron chi connectivity index (χ1n) is 10.8. The van der Waals surface area contributed by atoms with Gasteiger partial charge in [0.25, 0.3) is 5.91 Å². The molecule has 4 rings (SSSR count). The van der Waals surface area contributed by atoms with Crippen LogP contribution in [0.3, 0.4) is 0 Å². The number of methoxy groups -OCH3 is 3. The number of aromatic nitrogens is 1. The number of carbonyl (C=O) groups excluding carboxylic acids is 2. The fourth-order valence-electron chi connectivity index (χ4n) is 3.83.